The molecule has 1 N–H and O–H groups in total. The smallest absolute Gasteiger partial charge is 0.263 e. The van der Waals surface area contributed by atoms with Gasteiger partial charge in [-0.05, 0) is 27.2 Å². The number of sulfone groups is 1. The summed E-state index contributed by atoms with van der Waals surface area (Å²) in [6.45, 7) is 5.40. The Bertz CT molecular complexity index is 591. The molecule has 18 heavy (non-hydrogen) atoms. The molecule has 0 aliphatic carbocycles. The van der Waals surface area contributed by atoms with Crippen molar-refractivity contribution >= 4 is 27.1 Å². The molecule has 0 unspecified atom stereocenters. The van der Waals surface area contributed by atoms with E-state index in [-0.39, 0.29) is 17.4 Å². The standard InChI is InChI=1S/C11H16N2O3S2/c1-7-9(17-8(2)12-7)10(14)13-11(3)4-5-18(15,16)6-11/h4-6H2,1-3H3,(H,13,14)/t11-/m0/s1. The van der Waals surface area contributed by atoms with Crippen LogP contribution in [0.4, 0.5) is 0 Å². The van der Waals surface area contributed by atoms with E-state index in [1.807, 2.05) is 6.92 Å². The van der Waals surface area contributed by atoms with Gasteiger partial charge in [0, 0.05) is 0 Å². The molecule has 1 aromatic rings. The normalized spacial score (nSPS) is 26.2. The van der Waals surface area contributed by atoms with Gasteiger partial charge in [0.05, 0.1) is 27.7 Å². The van der Waals surface area contributed by atoms with Crippen molar-refractivity contribution in [1.29, 1.82) is 0 Å². The van der Waals surface area contributed by atoms with Gasteiger partial charge in [-0.1, -0.05) is 0 Å². The number of aryl methyl sites for hydroxylation is 2. The van der Waals surface area contributed by atoms with Gasteiger partial charge in [-0.25, -0.2) is 13.4 Å². The van der Waals surface area contributed by atoms with E-state index < -0.39 is 15.4 Å². The Hall–Kier alpha value is -0.950. The zero-order chi connectivity index (χ0) is 13.6. The van der Waals surface area contributed by atoms with Crippen molar-refractivity contribution in [1.82, 2.24) is 10.3 Å². The fourth-order valence-electron chi connectivity index (χ4n) is 2.18. The number of amides is 1. The Kier molecular flexibility index (Phi) is 3.23. The first kappa shape index (κ1) is 13.5. The molecule has 2 rings (SSSR count). The fourth-order valence-corrected chi connectivity index (χ4v) is 5.09. The van der Waals surface area contributed by atoms with Crippen LogP contribution in [0.1, 0.15) is 33.7 Å². The lowest BCUT2D eigenvalue weighted by molar-refractivity contribution is 0.0919. The molecule has 2 heterocycles. The molecule has 0 bridgehead atoms. The minimum absolute atomic E-state index is 0.0164. The van der Waals surface area contributed by atoms with Crippen molar-refractivity contribution in [2.75, 3.05) is 11.5 Å². The predicted octanol–water partition coefficient (Wildman–Crippen LogP) is 1.07. The molecule has 7 heteroatoms. The maximum Gasteiger partial charge on any atom is 0.263 e. The maximum atomic E-state index is 12.1. The quantitative estimate of drug-likeness (QED) is 0.883. The first-order valence-corrected chi connectivity index (χ1v) is 8.32. The molecule has 1 aromatic heterocycles. The highest BCUT2D eigenvalue weighted by molar-refractivity contribution is 7.91. The first-order chi connectivity index (χ1) is 8.21. The number of hydrogen-bond acceptors (Lipinski definition) is 5. The van der Waals surface area contributed by atoms with Crippen molar-refractivity contribution in [2.45, 2.75) is 32.7 Å². The van der Waals surface area contributed by atoms with Gasteiger partial charge in [0.25, 0.3) is 5.91 Å². The van der Waals surface area contributed by atoms with Gasteiger partial charge in [0.2, 0.25) is 0 Å². The highest BCUT2D eigenvalue weighted by Gasteiger charge is 2.39. The van der Waals surface area contributed by atoms with Crippen molar-refractivity contribution in [3.8, 4) is 0 Å². The zero-order valence-electron chi connectivity index (χ0n) is 10.6. The summed E-state index contributed by atoms with van der Waals surface area (Å²) in [5.74, 6) is -0.0646. The van der Waals surface area contributed by atoms with Crippen LogP contribution in [0.5, 0.6) is 0 Å². The molecule has 1 saturated heterocycles. The van der Waals surface area contributed by atoms with Crippen LogP contribution in [0.2, 0.25) is 0 Å². The highest BCUT2D eigenvalue weighted by Crippen LogP contribution is 2.25. The molecule has 1 amide bonds. The number of nitrogens with zero attached hydrogens (tertiary/aromatic N) is 1. The van der Waals surface area contributed by atoms with Crippen LogP contribution < -0.4 is 5.32 Å². The topological polar surface area (TPSA) is 76.1 Å². The van der Waals surface area contributed by atoms with Crippen molar-refractivity contribution in [3.63, 3.8) is 0 Å². The van der Waals surface area contributed by atoms with E-state index in [4.69, 9.17) is 0 Å². The van der Waals surface area contributed by atoms with Gasteiger partial charge in [0.1, 0.15) is 4.88 Å². The largest absolute Gasteiger partial charge is 0.345 e. The summed E-state index contributed by atoms with van der Waals surface area (Å²) in [5.41, 5.74) is 0.0414. The number of carbonyl (C=O) groups excluding carboxylic acids is 1. The van der Waals surface area contributed by atoms with E-state index in [0.717, 1.165) is 5.01 Å². The Morgan fingerprint density at radius 2 is 2.11 bits per heavy atom. The van der Waals surface area contributed by atoms with Gasteiger partial charge in [-0.3, -0.25) is 4.79 Å². The van der Waals surface area contributed by atoms with Crippen LogP contribution in [0, 0.1) is 13.8 Å². The van der Waals surface area contributed by atoms with Gasteiger partial charge in [-0.15, -0.1) is 11.3 Å². The molecule has 0 saturated carbocycles. The lowest BCUT2D eigenvalue weighted by Crippen LogP contribution is -2.46. The molecular weight excluding hydrogens is 272 g/mol. The molecule has 0 radical (unpaired) electrons. The van der Waals surface area contributed by atoms with E-state index in [9.17, 15) is 13.2 Å². The second kappa shape index (κ2) is 4.31. The van der Waals surface area contributed by atoms with Crippen LogP contribution >= 0.6 is 11.3 Å². The second-order valence-corrected chi connectivity index (χ2v) is 8.39. The molecule has 5 nitrogen and oxygen atoms in total. The number of rotatable bonds is 2. The maximum absolute atomic E-state index is 12.1. The zero-order valence-corrected chi connectivity index (χ0v) is 12.2. The minimum Gasteiger partial charge on any atom is -0.345 e. The van der Waals surface area contributed by atoms with Crippen molar-refractivity contribution in [2.24, 2.45) is 0 Å². The molecule has 1 aliphatic heterocycles. The lowest BCUT2D eigenvalue weighted by atomic mass is 10.0. The van der Waals surface area contributed by atoms with Gasteiger partial charge >= 0.3 is 0 Å². The van der Waals surface area contributed by atoms with E-state index in [1.165, 1.54) is 11.3 Å². The number of nitrogens with one attached hydrogen (secondary N) is 1. The van der Waals surface area contributed by atoms with Gasteiger partial charge in [0.15, 0.2) is 9.84 Å². The predicted molar refractivity (Wildman–Crippen MR) is 70.7 cm³/mol. The van der Waals surface area contributed by atoms with E-state index >= 15 is 0 Å². The molecule has 0 aromatic carbocycles. The third-order valence-corrected chi connectivity index (χ3v) is 6.00. The van der Waals surface area contributed by atoms with Crippen molar-refractivity contribution in [3.05, 3.63) is 15.6 Å². The monoisotopic (exact) mass is 288 g/mol. The Labute approximate surface area is 111 Å². The van der Waals surface area contributed by atoms with E-state index in [2.05, 4.69) is 10.3 Å². The average Bonchev–Trinajstić information content (AvgIpc) is 2.67. The summed E-state index contributed by atoms with van der Waals surface area (Å²) in [4.78, 5) is 16.9. The summed E-state index contributed by atoms with van der Waals surface area (Å²) < 4.78 is 22.9. The summed E-state index contributed by atoms with van der Waals surface area (Å²) in [7, 11) is -3.01. The minimum atomic E-state index is -3.01. The van der Waals surface area contributed by atoms with Gasteiger partial charge in [-0.2, -0.15) is 0 Å². The van der Waals surface area contributed by atoms with Crippen LogP contribution in [0.25, 0.3) is 0 Å². The highest BCUT2D eigenvalue weighted by atomic mass is 32.2. The molecule has 1 aliphatic rings. The van der Waals surface area contributed by atoms with E-state index in [0.29, 0.717) is 17.0 Å². The van der Waals surface area contributed by atoms with E-state index in [1.54, 1.807) is 13.8 Å². The third kappa shape index (κ3) is 2.72. The second-order valence-electron chi connectivity index (χ2n) is 5.00. The fraction of sp³-hybridized carbons (Fsp3) is 0.636. The Balaban J connectivity index is 2.16. The number of hydrogen-bond donors (Lipinski definition) is 1. The number of thiazole rings is 1. The number of aromatic nitrogens is 1. The van der Waals surface area contributed by atoms with Crippen LogP contribution in [-0.2, 0) is 9.84 Å². The Morgan fingerprint density at radius 3 is 2.56 bits per heavy atom. The van der Waals surface area contributed by atoms with Crippen LogP contribution in [-0.4, -0.2) is 36.4 Å². The molecule has 100 valence electrons. The first-order valence-electron chi connectivity index (χ1n) is 5.68. The summed E-state index contributed by atoms with van der Waals surface area (Å²) in [5, 5.41) is 3.67. The Morgan fingerprint density at radius 1 is 1.44 bits per heavy atom. The SMILES string of the molecule is Cc1nc(C)c(C(=O)N[C@@]2(C)CCS(=O)(=O)C2)s1. The summed E-state index contributed by atoms with van der Waals surface area (Å²) >= 11 is 1.33. The number of carbonyl (C=O) groups is 1. The molecule has 1 atom stereocenters. The third-order valence-electron chi connectivity index (χ3n) is 3.03. The molecular formula is C11H16N2O3S2. The van der Waals surface area contributed by atoms with Crippen molar-refractivity contribution < 1.29 is 13.2 Å². The van der Waals surface area contributed by atoms with Crippen LogP contribution in [0.15, 0.2) is 0 Å². The average molecular weight is 288 g/mol. The van der Waals surface area contributed by atoms with Gasteiger partial charge < -0.3 is 5.32 Å². The molecule has 1 fully saturated rings. The van der Waals surface area contributed by atoms with Crippen LogP contribution in [0.3, 0.4) is 0 Å². The molecule has 0 spiro atoms. The summed E-state index contributed by atoms with van der Waals surface area (Å²) in [6, 6.07) is 0. The summed E-state index contributed by atoms with van der Waals surface area (Å²) in [6.07, 6.45) is 0.470. The lowest BCUT2D eigenvalue weighted by Gasteiger charge is -2.23.